The number of hydrogen-bond donors (Lipinski definition) is 1. The zero-order chi connectivity index (χ0) is 14.4. The third-order valence-corrected chi connectivity index (χ3v) is 3.16. The Morgan fingerprint density at radius 1 is 1.25 bits per heavy atom. The van der Waals surface area contributed by atoms with E-state index in [9.17, 15) is 0 Å². The highest BCUT2D eigenvalue weighted by molar-refractivity contribution is 5.83. The summed E-state index contributed by atoms with van der Waals surface area (Å²) in [6.45, 7) is 7.05. The molecule has 2 rings (SSSR count). The first-order chi connectivity index (χ1) is 9.80. The summed E-state index contributed by atoms with van der Waals surface area (Å²) >= 11 is 0. The molecule has 0 aliphatic heterocycles. The van der Waals surface area contributed by atoms with Crippen LogP contribution in [-0.2, 0) is 17.9 Å². The van der Waals surface area contributed by atoms with E-state index in [1.165, 1.54) is 0 Å². The zero-order valence-electron chi connectivity index (χ0n) is 12.5. The molecule has 0 spiro atoms. The molecule has 0 aliphatic carbocycles. The largest absolute Gasteiger partial charge is 0.494 e. The number of rotatable bonds is 8. The second-order valence-corrected chi connectivity index (χ2v) is 4.70. The normalized spacial score (nSPS) is 11.2. The fourth-order valence-electron chi connectivity index (χ4n) is 2.26. The van der Waals surface area contributed by atoms with Crippen LogP contribution in [0.25, 0.3) is 11.0 Å². The summed E-state index contributed by atoms with van der Waals surface area (Å²) in [4.78, 5) is 0. The summed E-state index contributed by atoms with van der Waals surface area (Å²) in [6.07, 6.45) is 1.11. The SMILES string of the molecule is CCCNCc1oc2ccc(OCC)cc2c1COC. The van der Waals surface area contributed by atoms with Gasteiger partial charge in [0, 0.05) is 18.1 Å². The van der Waals surface area contributed by atoms with Crippen LogP contribution in [-0.4, -0.2) is 20.3 Å². The van der Waals surface area contributed by atoms with Crippen LogP contribution in [0.4, 0.5) is 0 Å². The van der Waals surface area contributed by atoms with Gasteiger partial charge in [0.05, 0.1) is 19.8 Å². The number of ether oxygens (including phenoxy) is 2. The van der Waals surface area contributed by atoms with Crippen molar-refractivity contribution in [3.8, 4) is 5.75 Å². The van der Waals surface area contributed by atoms with Crippen LogP contribution in [0.15, 0.2) is 22.6 Å². The molecule has 0 unspecified atom stereocenters. The lowest BCUT2D eigenvalue weighted by molar-refractivity contribution is 0.183. The maximum atomic E-state index is 5.93. The van der Waals surface area contributed by atoms with E-state index in [0.29, 0.717) is 13.2 Å². The van der Waals surface area contributed by atoms with Crippen molar-refractivity contribution in [2.45, 2.75) is 33.4 Å². The second kappa shape index (κ2) is 7.31. The Morgan fingerprint density at radius 3 is 2.80 bits per heavy atom. The summed E-state index contributed by atoms with van der Waals surface area (Å²) in [5, 5.41) is 4.45. The third kappa shape index (κ3) is 3.32. The van der Waals surface area contributed by atoms with Crippen LogP contribution in [0.3, 0.4) is 0 Å². The quantitative estimate of drug-likeness (QED) is 0.750. The van der Waals surface area contributed by atoms with E-state index in [2.05, 4.69) is 12.2 Å². The lowest BCUT2D eigenvalue weighted by Gasteiger charge is -2.04. The first-order valence-corrected chi connectivity index (χ1v) is 7.16. The van der Waals surface area contributed by atoms with Crippen molar-refractivity contribution in [1.82, 2.24) is 5.32 Å². The van der Waals surface area contributed by atoms with Gasteiger partial charge in [0.15, 0.2) is 0 Å². The molecule has 4 heteroatoms. The van der Waals surface area contributed by atoms with Crippen molar-refractivity contribution in [2.75, 3.05) is 20.3 Å². The van der Waals surface area contributed by atoms with Gasteiger partial charge >= 0.3 is 0 Å². The summed E-state index contributed by atoms with van der Waals surface area (Å²) in [5.74, 6) is 1.81. The molecular formula is C16H23NO3. The molecule has 1 aromatic carbocycles. The molecule has 2 aromatic rings. The first kappa shape index (κ1) is 14.9. The van der Waals surface area contributed by atoms with E-state index in [-0.39, 0.29) is 0 Å². The Labute approximate surface area is 120 Å². The highest BCUT2D eigenvalue weighted by Gasteiger charge is 2.14. The van der Waals surface area contributed by atoms with E-state index in [4.69, 9.17) is 13.9 Å². The molecule has 1 aromatic heterocycles. The van der Waals surface area contributed by atoms with Crippen molar-refractivity contribution in [1.29, 1.82) is 0 Å². The Balaban J connectivity index is 2.33. The summed E-state index contributed by atoms with van der Waals surface area (Å²) in [7, 11) is 1.70. The number of fused-ring (bicyclic) bond motifs is 1. The highest BCUT2D eigenvalue weighted by Crippen LogP contribution is 2.30. The molecule has 0 radical (unpaired) electrons. The lowest BCUT2D eigenvalue weighted by Crippen LogP contribution is -2.14. The number of furan rings is 1. The van der Waals surface area contributed by atoms with Gasteiger partial charge in [-0.05, 0) is 38.1 Å². The van der Waals surface area contributed by atoms with Gasteiger partial charge in [0.2, 0.25) is 0 Å². The molecule has 0 fully saturated rings. The van der Waals surface area contributed by atoms with E-state index in [1.54, 1.807) is 7.11 Å². The van der Waals surface area contributed by atoms with Crippen LogP contribution in [0.5, 0.6) is 5.75 Å². The fourth-order valence-corrected chi connectivity index (χ4v) is 2.26. The van der Waals surface area contributed by atoms with E-state index in [0.717, 1.165) is 47.6 Å². The minimum atomic E-state index is 0.547. The summed E-state index contributed by atoms with van der Waals surface area (Å²) < 4.78 is 16.8. The smallest absolute Gasteiger partial charge is 0.135 e. The van der Waals surface area contributed by atoms with Gasteiger partial charge in [-0.15, -0.1) is 0 Å². The van der Waals surface area contributed by atoms with Gasteiger partial charge in [-0.3, -0.25) is 0 Å². The van der Waals surface area contributed by atoms with Gasteiger partial charge < -0.3 is 19.2 Å². The van der Waals surface area contributed by atoms with Gasteiger partial charge in [0.1, 0.15) is 17.1 Å². The molecule has 1 heterocycles. The van der Waals surface area contributed by atoms with E-state index in [1.807, 2.05) is 25.1 Å². The molecular weight excluding hydrogens is 254 g/mol. The van der Waals surface area contributed by atoms with Crippen molar-refractivity contribution in [3.05, 3.63) is 29.5 Å². The number of benzene rings is 1. The minimum absolute atomic E-state index is 0.547. The average Bonchev–Trinajstić information content (AvgIpc) is 2.78. The maximum Gasteiger partial charge on any atom is 0.135 e. The monoisotopic (exact) mass is 277 g/mol. The Hall–Kier alpha value is -1.52. The lowest BCUT2D eigenvalue weighted by atomic mass is 10.1. The van der Waals surface area contributed by atoms with Crippen LogP contribution in [0, 0.1) is 0 Å². The molecule has 110 valence electrons. The van der Waals surface area contributed by atoms with Crippen LogP contribution >= 0.6 is 0 Å². The molecule has 0 amide bonds. The second-order valence-electron chi connectivity index (χ2n) is 4.70. The summed E-state index contributed by atoms with van der Waals surface area (Å²) in [6, 6.07) is 5.93. The van der Waals surface area contributed by atoms with Crippen LogP contribution < -0.4 is 10.1 Å². The van der Waals surface area contributed by atoms with Crippen molar-refractivity contribution in [3.63, 3.8) is 0 Å². The molecule has 20 heavy (non-hydrogen) atoms. The molecule has 0 aliphatic rings. The van der Waals surface area contributed by atoms with Gasteiger partial charge in [-0.2, -0.15) is 0 Å². The Morgan fingerprint density at radius 2 is 2.10 bits per heavy atom. The first-order valence-electron chi connectivity index (χ1n) is 7.16. The molecule has 1 N–H and O–H groups in total. The Bertz CT molecular complexity index is 548. The van der Waals surface area contributed by atoms with Gasteiger partial charge in [0.25, 0.3) is 0 Å². The molecule has 0 saturated carbocycles. The zero-order valence-corrected chi connectivity index (χ0v) is 12.5. The van der Waals surface area contributed by atoms with E-state index < -0.39 is 0 Å². The maximum absolute atomic E-state index is 5.93. The predicted octanol–water partition coefficient (Wildman–Crippen LogP) is 3.48. The number of hydrogen-bond acceptors (Lipinski definition) is 4. The highest BCUT2D eigenvalue weighted by atomic mass is 16.5. The minimum Gasteiger partial charge on any atom is -0.494 e. The number of nitrogens with one attached hydrogen (secondary N) is 1. The molecule has 0 atom stereocenters. The summed E-state index contributed by atoms with van der Waals surface area (Å²) in [5.41, 5.74) is 1.99. The van der Waals surface area contributed by atoms with Crippen molar-refractivity contribution in [2.24, 2.45) is 0 Å². The average molecular weight is 277 g/mol. The predicted molar refractivity (Wildman–Crippen MR) is 80.1 cm³/mol. The van der Waals surface area contributed by atoms with Gasteiger partial charge in [-0.25, -0.2) is 0 Å². The third-order valence-electron chi connectivity index (χ3n) is 3.16. The van der Waals surface area contributed by atoms with Crippen molar-refractivity contribution < 1.29 is 13.9 Å². The van der Waals surface area contributed by atoms with Crippen LogP contribution in [0.2, 0.25) is 0 Å². The number of methoxy groups -OCH3 is 1. The molecule has 0 bridgehead atoms. The topological polar surface area (TPSA) is 43.6 Å². The van der Waals surface area contributed by atoms with Crippen LogP contribution in [0.1, 0.15) is 31.6 Å². The Kier molecular flexibility index (Phi) is 5.44. The van der Waals surface area contributed by atoms with Crippen molar-refractivity contribution >= 4 is 11.0 Å². The van der Waals surface area contributed by atoms with Gasteiger partial charge in [-0.1, -0.05) is 6.92 Å². The fraction of sp³-hybridized carbons (Fsp3) is 0.500. The molecule has 0 saturated heterocycles. The standard InChI is InChI=1S/C16H23NO3/c1-4-8-17-10-16-14(11-18-3)13-9-12(19-5-2)6-7-15(13)20-16/h6-7,9,17H,4-5,8,10-11H2,1-3H3. The van der Waals surface area contributed by atoms with E-state index >= 15 is 0 Å². The molecule has 4 nitrogen and oxygen atoms in total.